The number of thiol groups is 1. The molecule has 20 nitrogen and oxygen atoms in total. The van der Waals surface area contributed by atoms with Crippen LogP contribution in [0, 0.1) is 0 Å². The highest BCUT2D eigenvalue weighted by molar-refractivity contribution is 8.44. The fourth-order valence-electron chi connectivity index (χ4n) is 6.07. The van der Waals surface area contributed by atoms with Crippen molar-refractivity contribution in [2.24, 2.45) is 0 Å². The molecule has 14 bridgehead atoms. The number of anilines is 2. The second-order valence-electron chi connectivity index (χ2n) is 11.7. The number of nitrogens with zero attached hydrogens (tertiary/aromatic N) is 8. The number of hydrogen-bond donors (Lipinski definition) is 6. The van der Waals surface area contributed by atoms with Gasteiger partial charge in [-0.25, -0.2) is 43.2 Å². The summed E-state index contributed by atoms with van der Waals surface area (Å²) < 4.78 is 82.6. The number of aliphatic hydroxyl groups excluding tert-OH is 2. The van der Waals surface area contributed by atoms with E-state index in [0.717, 1.165) is 0 Å². The molecule has 270 valence electrons. The zero-order chi connectivity index (χ0) is 34.9. The van der Waals surface area contributed by atoms with E-state index >= 15 is 8.78 Å². The first-order chi connectivity index (χ1) is 23.9. The molecule has 50 heavy (non-hydrogen) atoms. The lowest BCUT2D eigenvalue weighted by molar-refractivity contribution is -0.0564. The Bertz CT molecular complexity index is 1880. The Kier molecular flexibility index (Phi) is 9.06. The summed E-state index contributed by atoms with van der Waals surface area (Å²) in [4.78, 5) is 36.4. The molecule has 12 atom stereocenters. The standard InChI is InChI=1S/C24H28F2N10O10P2S2/c25-13-17-11-3-41-48(40,50)46-18-12(4-42-47(39,49)45-17)44-24(14(18)26)36-8-34-16-20(30-6-32-22(16)36)28-2-10(38)9(37)1-27-19-15-21(31-5-29-19)35(7-33-15)23(13)43-11/h5-14,17-18,23-24,37-38H,1-4H2,(H,39,49)(H,40,50)(H,27,29,31)(H,28,30,32)/t9-,10-,11+,12?,13+,14+,17+,18+,23?,24+,47?,48?/m0/s1. The number of fused-ring (bicyclic) bond motifs is 11. The van der Waals surface area contributed by atoms with Crippen LogP contribution in [0.2, 0.25) is 0 Å². The second kappa shape index (κ2) is 13.1. The molecular weight excluding hydrogens is 752 g/mol. The minimum absolute atomic E-state index is 0.0983. The van der Waals surface area contributed by atoms with Gasteiger partial charge in [-0.2, -0.15) is 0 Å². The van der Waals surface area contributed by atoms with Crippen molar-refractivity contribution < 1.29 is 56.0 Å². The van der Waals surface area contributed by atoms with E-state index in [1.165, 1.54) is 34.4 Å². The lowest BCUT2D eigenvalue weighted by Crippen LogP contribution is -2.37. The Balaban J connectivity index is 1.21. The molecule has 4 aromatic heterocycles. The molecule has 5 aliphatic rings. The third kappa shape index (κ3) is 6.29. The van der Waals surface area contributed by atoms with Gasteiger partial charge in [-0.15, -0.1) is 0 Å². The van der Waals surface area contributed by atoms with Crippen LogP contribution in [-0.4, -0.2) is 129 Å². The Morgan fingerprint density at radius 1 is 0.800 bits per heavy atom. The maximum Gasteiger partial charge on any atom is 0.386 e. The van der Waals surface area contributed by atoms with Gasteiger partial charge in [0.1, 0.15) is 37.1 Å². The average molecular weight is 781 g/mol. The predicted molar refractivity (Wildman–Crippen MR) is 172 cm³/mol. The van der Waals surface area contributed by atoms with Gasteiger partial charge in [0.2, 0.25) is 0 Å². The third-order valence-electron chi connectivity index (χ3n) is 8.51. The fraction of sp³-hybridized carbons (Fsp3) is 0.583. The van der Waals surface area contributed by atoms with E-state index in [-0.39, 0.29) is 47.1 Å². The summed E-state index contributed by atoms with van der Waals surface area (Å²) in [5.41, 5.74) is 0.520. The number of hydrogen-bond acceptors (Lipinski definition) is 18. The Labute approximate surface area is 289 Å². The first-order valence-electron chi connectivity index (χ1n) is 15.0. The first-order valence-corrected chi connectivity index (χ1v) is 20.3. The van der Waals surface area contributed by atoms with Gasteiger partial charge in [0.25, 0.3) is 0 Å². The van der Waals surface area contributed by atoms with Gasteiger partial charge in [-0.05, 0) is 11.8 Å². The first kappa shape index (κ1) is 34.5. The van der Waals surface area contributed by atoms with Crippen molar-refractivity contribution in [2.45, 2.75) is 61.4 Å². The van der Waals surface area contributed by atoms with Gasteiger partial charge in [-0.3, -0.25) is 22.7 Å². The molecule has 4 aromatic rings. The molecule has 5 N–H and O–H groups in total. The molecule has 0 amide bonds. The average Bonchev–Trinajstić information content (AvgIpc) is 3.85. The fourth-order valence-corrected chi connectivity index (χ4v) is 8.99. The van der Waals surface area contributed by atoms with E-state index in [0.29, 0.717) is 0 Å². The number of rotatable bonds is 0. The van der Waals surface area contributed by atoms with Crippen molar-refractivity contribution in [2.75, 3.05) is 36.9 Å². The van der Waals surface area contributed by atoms with Crippen LogP contribution in [0.5, 0.6) is 0 Å². The summed E-state index contributed by atoms with van der Waals surface area (Å²) in [6.45, 7) is -10.4. The summed E-state index contributed by atoms with van der Waals surface area (Å²) in [6, 6.07) is 0. The van der Waals surface area contributed by atoms with Crippen LogP contribution in [0.25, 0.3) is 22.3 Å². The molecule has 0 aliphatic carbocycles. The largest absolute Gasteiger partial charge is 0.389 e. The summed E-state index contributed by atoms with van der Waals surface area (Å²) in [5, 5.41) is 27.3. The molecule has 3 fully saturated rings. The lowest BCUT2D eigenvalue weighted by atomic mass is 10.1. The van der Waals surface area contributed by atoms with Gasteiger partial charge in [0.05, 0.1) is 38.1 Å². The van der Waals surface area contributed by atoms with E-state index in [1.807, 2.05) is 0 Å². The molecule has 3 saturated heterocycles. The van der Waals surface area contributed by atoms with Crippen molar-refractivity contribution in [3.05, 3.63) is 25.3 Å². The molecule has 26 heteroatoms. The SMILES string of the molecule is O=P1(S)OC[C@H]2OC3[C@H](F)[C@@H]2OP(O)(=S)OCC2O[C@H]([C@H](F)[C@@H]2O1)n1cnc2c(ncnc21)NC[C@H](O)[C@@H](O)CNc1ncnc2c1ncn23. The van der Waals surface area contributed by atoms with Crippen LogP contribution in [-0.2, 0) is 43.9 Å². The van der Waals surface area contributed by atoms with Crippen LogP contribution in [0.15, 0.2) is 25.3 Å². The molecular formula is C24H28F2N10O10P2S2. The quantitative estimate of drug-likeness (QED) is 0.107. The molecule has 0 saturated carbocycles. The summed E-state index contributed by atoms with van der Waals surface area (Å²) in [7, 11) is 0. The van der Waals surface area contributed by atoms with Crippen LogP contribution >= 0.6 is 25.8 Å². The number of nitrogens with one attached hydrogen (secondary N) is 2. The predicted octanol–water partition coefficient (Wildman–Crippen LogP) is 0.768. The van der Waals surface area contributed by atoms with Crippen molar-refractivity contribution in [1.82, 2.24) is 39.0 Å². The maximum atomic E-state index is 16.3. The van der Waals surface area contributed by atoms with Gasteiger partial charge < -0.3 is 39.7 Å². The second-order valence-corrected chi connectivity index (χ2v) is 17.3. The van der Waals surface area contributed by atoms with Crippen molar-refractivity contribution in [3.63, 3.8) is 0 Å². The molecule has 5 aliphatic heterocycles. The van der Waals surface area contributed by atoms with Gasteiger partial charge in [-0.1, -0.05) is 12.2 Å². The summed E-state index contributed by atoms with van der Waals surface area (Å²) in [5.74, 6) is 0.302. The van der Waals surface area contributed by atoms with Crippen LogP contribution in [0.1, 0.15) is 12.5 Å². The Morgan fingerprint density at radius 2 is 1.28 bits per heavy atom. The number of alkyl halides is 2. The Morgan fingerprint density at radius 3 is 1.80 bits per heavy atom. The molecule has 9 rings (SSSR count). The molecule has 4 unspecified atom stereocenters. The third-order valence-corrected chi connectivity index (χ3v) is 11.7. The molecule has 9 heterocycles. The highest BCUT2D eigenvalue weighted by atomic mass is 32.7. The van der Waals surface area contributed by atoms with Crippen molar-refractivity contribution in [3.8, 4) is 0 Å². The van der Waals surface area contributed by atoms with Gasteiger partial charge >= 0.3 is 13.5 Å². The van der Waals surface area contributed by atoms with E-state index in [4.69, 9.17) is 39.4 Å². The number of ether oxygens (including phenoxy) is 2. The van der Waals surface area contributed by atoms with Crippen molar-refractivity contribution in [1.29, 1.82) is 0 Å². The summed E-state index contributed by atoms with van der Waals surface area (Å²) >= 11 is 9.25. The van der Waals surface area contributed by atoms with Crippen LogP contribution in [0.4, 0.5) is 20.4 Å². The molecule has 0 aromatic carbocycles. The topological polar surface area (TPSA) is 244 Å². The minimum atomic E-state index is -4.42. The molecule has 0 radical (unpaired) electrons. The number of halogens is 2. The van der Waals surface area contributed by atoms with E-state index < -0.39 is 88.2 Å². The van der Waals surface area contributed by atoms with Gasteiger partial charge in [0.15, 0.2) is 58.8 Å². The highest BCUT2D eigenvalue weighted by Crippen LogP contribution is 2.58. The van der Waals surface area contributed by atoms with E-state index in [9.17, 15) is 19.7 Å². The van der Waals surface area contributed by atoms with Gasteiger partial charge in [0, 0.05) is 13.1 Å². The maximum absolute atomic E-state index is 16.3. The summed E-state index contributed by atoms with van der Waals surface area (Å²) in [6.07, 6.45) is -11.0. The monoisotopic (exact) mass is 780 g/mol. The lowest BCUT2D eigenvalue weighted by Gasteiger charge is -2.29. The zero-order valence-corrected chi connectivity index (χ0v) is 28.7. The number of aromatic nitrogens is 8. The van der Waals surface area contributed by atoms with E-state index in [1.54, 1.807) is 0 Å². The number of aliphatic hydroxyl groups is 2. The normalized spacial score (nSPS) is 39.6. The van der Waals surface area contributed by atoms with Crippen LogP contribution in [0.3, 0.4) is 0 Å². The smallest absolute Gasteiger partial charge is 0.386 e. The highest BCUT2D eigenvalue weighted by Gasteiger charge is 2.54. The zero-order valence-electron chi connectivity index (χ0n) is 25.2. The Hall–Kier alpha value is -2.57. The van der Waals surface area contributed by atoms with E-state index in [2.05, 4.69) is 52.8 Å². The van der Waals surface area contributed by atoms with Crippen LogP contribution < -0.4 is 10.6 Å². The van der Waals surface area contributed by atoms with Crippen molar-refractivity contribution >= 4 is 71.5 Å². The molecule has 0 spiro atoms. The minimum Gasteiger partial charge on any atom is -0.389 e. The number of imidazole rings is 2.